The molecule has 1 atom stereocenters. The van der Waals surface area contributed by atoms with Crippen molar-refractivity contribution in [2.24, 2.45) is 4.99 Å². The molecule has 1 aromatic carbocycles. The molecule has 0 bridgehead atoms. The predicted molar refractivity (Wildman–Crippen MR) is 60.8 cm³/mol. The fraction of sp³-hybridized carbons (Fsp3) is 0.300. The summed E-state index contributed by atoms with van der Waals surface area (Å²) in [5.74, 6) is -1.01. The Balaban J connectivity index is 3.13. The van der Waals surface area contributed by atoms with Crippen LogP contribution in [0.5, 0.6) is 5.75 Å². The monoisotopic (exact) mass is 353 g/mol. The highest BCUT2D eigenvalue weighted by Gasteiger charge is 2.59. The minimum absolute atomic E-state index is 0.278. The van der Waals surface area contributed by atoms with Gasteiger partial charge in [-0.3, -0.25) is 0 Å². The van der Waals surface area contributed by atoms with Gasteiger partial charge in [0.25, 0.3) is 6.17 Å². The molecule has 21 heavy (non-hydrogen) atoms. The van der Waals surface area contributed by atoms with Crippen LogP contribution < -0.4 is 4.74 Å². The van der Waals surface area contributed by atoms with Gasteiger partial charge in [-0.15, -0.1) is 0 Å². The number of isocyanates is 1. The molecular weight excluding hydrogens is 351 g/mol. The van der Waals surface area contributed by atoms with E-state index in [2.05, 4.69) is 9.73 Å². The van der Waals surface area contributed by atoms with Crippen LogP contribution in [-0.2, 0) is 4.79 Å². The van der Waals surface area contributed by atoms with Crippen LogP contribution in [0.3, 0.4) is 0 Å². The standard InChI is InChI=1S/C10H3Cl2F6NO2/c11-4-2-7(5(12)1-6(4)19-3-20)21-10(17,18)8(13)9(14,15)16/h1-2,8H. The third-order valence-electron chi connectivity index (χ3n) is 2.00. The van der Waals surface area contributed by atoms with Crippen LogP contribution in [0.1, 0.15) is 0 Å². The Kier molecular flexibility index (Phi) is 5.14. The number of nitrogens with zero attached hydrogens (tertiary/aromatic N) is 1. The van der Waals surface area contributed by atoms with E-state index < -0.39 is 34.3 Å². The molecule has 0 radical (unpaired) electrons. The van der Waals surface area contributed by atoms with Crippen molar-refractivity contribution in [3.05, 3.63) is 22.2 Å². The topological polar surface area (TPSA) is 38.7 Å². The van der Waals surface area contributed by atoms with Crippen molar-refractivity contribution in [2.75, 3.05) is 0 Å². The van der Waals surface area contributed by atoms with Crippen LogP contribution in [-0.4, -0.2) is 24.5 Å². The summed E-state index contributed by atoms with van der Waals surface area (Å²) < 4.78 is 78.2. The van der Waals surface area contributed by atoms with Crippen LogP contribution in [0, 0.1) is 0 Å². The van der Waals surface area contributed by atoms with E-state index in [-0.39, 0.29) is 5.69 Å². The lowest BCUT2D eigenvalue weighted by molar-refractivity contribution is -0.304. The Hall–Kier alpha value is -1.44. The van der Waals surface area contributed by atoms with E-state index in [9.17, 15) is 31.1 Å². The highest BCUT2D eigenvalue weighted by Crippen LogP contribution is 2.41. The van der Waals surface area contributed by atoms with E-state index in [4.69, 9.17) is 23.2 Å². The summed E-state index contributed by atoms with van der Waals surface area (Å²) in [5.41, 5.74) is -0.278. The molecule has 1 rings (SSSR count). The highest BCUT2D eigenvalue weighted by atomic mass is 35.5. The number of hydrogen-bond acceptors (Lipinski definition) is 3. The number of aliphatic imine (C=N–C) groups is 1. The number of halogens is 8. The number of hydrogen-bond donors (Lipinski definition) is 0. The second-order valence-electron chi connectivity index (χ2n) is 3.51. The van der Waals surface area contributed by atoms with E-state index in [0.29, 0.717) is 6.07 Å². The molecule has 1 unspecified atom stereocenters. The maximum Gasteiger partial charge on any atom is 0.439 e. The maximum atomic E-state index is 13.1. The Morgan fingerprint density at radius 3 is 2.19 bits per heavy atom. The van der Waals surface area contributed by atoms with Crippen molar-refractivity contribution < 1.29 is 35.9 Å². The molecule has 0 aliphatic rings. The van der Waals surface area contributed by atoms with Crippen LogP contribution in [0.2, 0.25) is 10.0 Å². The summed E-state index contributed by atoms with van der Waals surface area (Å²) in [6, 6.07) is 1.33. The third kappa shape index (κ3) is 4.26. The Morgan fingerprint density at radius 2 is 1.71 bits per heavy atom. The fourth-order valence-electron chi connectivity index (χ4n) is 1.12. The minimum atomic E-state index is -5.83. The molecule has 0 N–H and O–H groups in total. The smallest absolute Gasteiger partial charge is 0.428 e. The van der Waals surface area contributed by atoms with Gasteiger partial charge >= 0.3 is 12.3 Å². The van der Waals surface area contributed by atoms with E-state index >= 15 is 0 Å². The highest BCUT2D eigenvalue weighted by molar-refractivity contribution is 6.36. The van der Waals surface area contributed by atoms with Crippen molar-refractivity contribution in [3.63, 3.8) is 0 Å². The van der Waals surface area contributed by atoms with Crippen molar-refractivity contribution >= 4 is 35.0 Å². The molecule has 0 aliphatic heterocycles. The number of rotatable bonds is 4. The average molecular weight is 354 g/mol. The van der Waals surface area contributed by atoms with Crippen molar-refractivity contribution in [3.8, 4) is 5.75 Å². The van der Waals surface area contributed by atoms with E-state index in [1.165, 1.54) is 0 Å². The summed E-state index contributed by atoms with van der Waals surface area (Å²) in [5, 5.41) is -1.08. The first-order valence-electron chi connectivity index (χ1n) is 4.83. The third-order valence-corrected chi connectivity index (χ3v) is 2.59. The summed E-state index contributed by atoms with van der Waals surface area (Å²) >= 11 is 11.0. The van der Waals surface area contributed by atoms with Gasteiger partial charge in [-0.1, -0.05) is 23.2 Å². The lowest BCUT2D eigenvalue weighted by Gasteiger charge is -2.23. The summed E-state index contributed by atoms with van der Waals surface area (Å²) in [7, 11) is 0. The Bertz CT molecular complexity index is 586. The normalized spacial score (nSPS) is 13.5. The lowest BCUT2D eigenvalue weighted by Crippen LogP contribution is -2.45. The summed E-state index contributed by atoms with van der Waals surface area (Å²) in [6.07, 6.45) is -14.5. The van der Waals surface area contributed by atoms with Crippen LogP contribution in [0.4, 0.5) is 32.0 Å². The van der Waals surface area contributed by atoms with Crippen molar-refractivity contribution in [1.29, 1.82) is 0 Å². The molecule has 0 heterocycles. The molecule has 1 aromatic rings. The zero-order chi connectivity index (χ0) is 16.4. The Morgan fingerprint density at radius 1 is 1.14 bits per heavy atom. The van der Waals surface area contributed by atoms with E-state index in [0.717, 1.165) is 12.1 Å². The van der Waals surface area contributed by atoms with Gasteiger partial charge in [-0.05, 0) is 6.07 Å². The SMILES string of the molecule is O=C=Nc1cc(Cl)c(OC(F)(F)C(F)C(F)(F)F)cc1Cl. The number of carbonyl (C=O) groups excluding carboxylic acids is 1. The summed E-state index contributed by atoms with van der Waals surface area (Å²) in [4.78, 5) is 13.1. The van der Waals surface area contributed by atoms with Gasteiger partial charge < -0.3 is 4.74 Å². The summed E-state index contributed by atoms with van der Waals surface area (Å²) in [6.45, 7) is 0. The van der Waals surface area contributed by atoms with Crippen LogP contribution >= 0.6 is 23.2 Å². The largest absolute Gasteiger partial charge is 0.439 e. The maximum absolute atomic E-state index is 13.1. The first-order valence-corrected chi connectivity index (χ1v) is 5.59. The fourth-order valence-corrected chi connectivity index (χ4v) is 1.51. The molecule has 11 heteroatoms. The molecule has 0 amide bonds. The first-order chi connectivity index (χ1) is 9.49. The zero-order valence-corrected chi connectivity index (χ0v) is 11.0. The molecule has 0 aromatic heterocycles. The minimum Gasteiger partial charge on any atom is -0.428 e. The van der Waals surface area contributed by atoms with Gasteiger partial charge in [-0.25, -0.2) is 9.18 Å². The van der Waals surface area contributed by atoms with E-state index in [1.54, 1.807) is 0 Å². The molecule has 0 saturated heterocycles. The Labute approximate surface area is 123 Å². The molecule has 0 fully saturated rings. The van der Waals surface area contributed by atoms with Gasteiger partial charge in [0.2, 0.25) is 6.08 Å². The van der Waals surface area contributed by atoms with Crippen LogP contribution in [0.25, 0.3) is 0 Å². The van der Waals surface area contributed by atoms with Gasteiger partial charge in [-0.2, -0.15) is 26.9 Å². The van der Waals surface area contributed by atoms with Gasteiger partial charge in [0.05, 0.1) is 15.7 Å². The molecule has 0 saturated carbocycles. The van der Waals surface area contributed by atoms with Crippen molar-refractivity contribution in [2.45, 2.75) is 18.5 Å². The van der Waals surface area contributed by atoms with Gasteiger partial charge in [0, 0.05) is 6.07 Å². The number of ether oxygens (including phenoxy) is 1. The molecule has 0 aliphatic carbocycles. The zero-order valence-electron chi connectivity index (χ0n) is 9.52. The molecule has 3 nitrogen and oxygen atoms in total. The van der Waals surface area contributed by atoms with E-state index in [1.807, 2.05) is 0 Å². The molecular formula is C10H3Cl2F6NO2. The lowest BCUT2D eigenvalue weighted by atomic mass is 10.3. The van der Waals surface area contributed by atoms with Crippen LogP contribution in [0.15, 0.2) is 17.1 Å². The second-order valence-corrected chi connectivity index (χ2v) is 4.32. The quantitative estimate of drug-likeness (QED) is 0.441. The number of alkyl halides is 6. The average Bonchev–Trinajstić information content (AvgIpc) is 2.33. The van der Waals surface area contributed by atoms with Gasteiger partial charge in [0.15, 0.2) is 0 Å². The molecule has 0 spiro atoms. The van der Waals surface area contributed by atoms with Gasteiger partial charge in [0.1, 0.15) is 5.75 Å². The predicted octanol–water partition coefficient (Wildman–Crippen LogP) is 4.83. The molecule has 116 valence electrons. The van der Waals surface area contributed by atoms with Crippen molar-refractivity contribution in [1.82, 2.24) is 0 Å². The first kappa shape index (κ1) is 17.6. The number of benzene rings is 1. The second kappa shape index (κ2) is 6.13.